The number of hydrogen-bond donors (Lipinski definition) is 1. The molecule has 0 spiro atoms. The molecule has 1 aromatic heterocycles. The lowest BCUT2D eigenvalue weighted by Crippen LogP contribution is -2.47. The van der Waals surface area contributed by atoms with Crippen LogP contribution in [0.25, 0.3) is 0 Å². The van der Waals surface area contributed by atoms with Crippen molar-refractivity contribution < 1.29 is 9.53 Å². The molecule has 1 saturated carbocycles. The second-order valence-electron chi connectivity index (χ2n) is 7.50. The van der Waals surface area contributed by atoms with Gasteiger partial charge in [0.1, 0.15) is 11.6 Å². The minimum atomic E-state index is 0.0169. The number of methoxy groups -OCH3 is 1. The van der Waals surface area contributed by atoms with E-state index in [1.165, 1.54) is 12.8 Å². The topological polar surface area (TPSA) is 57.7 Å². The fourth-order valence-electron chi connectivity index (χ4n) is 4.14. The van der Waals surface area contributed by atoms with Gasteiger partial charge in [-0.3, -0.25) is 4.79 Å². The highest BCUT2D eigenvalue weighted by molar-refractivity contribution is 5.95. The predicted octanol–water partition coefficient (Wildman–Crippen LogP) is 3.09. The Morgan fingerprint density at radius 1 is 1.07 bits per heavy atom. The van der Waals surface area contributed by atoms with Crippen LogP contribution in [-0.2, 0) is 0 Å². The molecule has 1 aromatic carbocycles. The van der Waals surface area contributed by atoms with Crippen molar-refractivity contribution in [2.24, 2.45) is 0 Å². The second-order valence-corrected chi connectivity index (χ2v) is 7.50. The lowest BCUT2D eigenvalue weighted by Gasteiger charge is -2.37. The van der Waals surface area contributed by atoms with Gasteiger partial charge in [-0.1, -0.05) is 25.0 Å². The molecule has 0 unspecified atom stereocenters. The van der Waals surface area contributed by atoms with Crippen LogP contribution in [-0.4, -0.2) is 50.2 Å². The van der Waals surface area contributed by atoms with Crippen LogP contribution in [0.1, 0.15) is 36.0 Å². The average Bonchev–Trinajstić information content (AvgIpc) is 3.27. The van der Waals surface area contributed by atoms with E-state index in [1.807, 2.05) is 24.3 Å². The zero-order chi connectivity index (χ0) is 19.3. The van der Waals surface area contributed by atoms with Crippen LogP contribution >= 0.6 is 0 Å². The van der Waals surface area contributed by atoms with E-state index in [-0.39, 0.29) is 5.91 Å². The zero-order valence-electron chi connectivity index (χ0n) is 16.4. The largest absolute Gasteiger partial charge is 0.495 e. The molecule has 0 radical (unpaired) electrons. The summed E-state index contributed by atoms with van der Waals surface area (Å²) in [4.78, 5) is 21.7. The summed E-state index contributed by atoms with van der Waals surface area (Å²) in [5, 5.41) is 3.16. The number of benzene rings is 1. The van der Waals surface area contributed by atoms with Crippen LogP contribution in [0.3, 0.4) is 0 Å². The molecule has 1 amide bonds. The summed E-state index contributed by atoms with van der Waals surface area (Å²) < 4.78 is 5.49. The monoisotopic (exact) mass is 380 g/mol. The van der Waals surface area contributed by atoms with Gasteiger partial charge >= 0.3 is 0 Å². The first-order valence-electron chi connectivity index (χ1n) is 10.1. The Labute approximate surface area is 166 Å². The van der Waals surface area contributed by atoms with E-state index in [9.17, 15) is 4.79 Å². The van der Waals surface area contributed by atoms with Crippen molar-refractivity contribution in [1.82, 2.24) is 10.3 Å². The summed E-state index contributed by atoms with van der Waals surface area (Å²) in [6.45, 7) is 3.50. The van der Waals surface area contributed by atoms with Crippen LogP contribution in [0.4, 0.5) is 11.5 Å². The van der Waals surface area contributed by atoms with Crippen LogP contribution in [0, 0.1) is 0 Å². The van der Waals surface area contributed by atoms with Gasteiger partial charge in [-0.05, 0) is 37.1 Å². The molecule has 2 aromatic rings. The first-order chi connectivity index (χ1) is 13.7. The van der Waals surface area contributed by atoms with E-state index in [2.05, 4.69) is 26.2 Å². The van der Waals surface area contributed by atoms with E-state index in [4.69, 9.17) is 4.74 Å². The van der Waals surface area contributed by atoms with Crippen LogP contribution < -0.4 is 19.9 Å². The molecule has 6 nitrogen and oxygen atoms in total. The van der Waals surface area contributed by atoms with Crippen molar-refractivity contribution in [1.29, 1.82) is 0 Å². The van der Waals surface area contributed by atoms with E-state index < -0.39 is 0 Å². The Hall–Kier alpha value is -2.76. The number of hydrogen-bond acceptors (Lipinski definition) is 5. The second kappa shape index (κ2) is 8.50. The van der Waals surface area contributed by atoms with Gasteiger partial charge in [-0.25, -0.2) is 4.98 Å². The molecule has 4 rings (SSSR count). The minimum absolute atomic E-state index is 0.0169. The number of para-hydroxylation sites is 2. The Morgan fingerprint density at radius 2 is 1.79 bits per heavy atom. The molecule has 2 aliphatic rings. The quantitative estimate of drug-likeness (QED) is 0.864. The fraction of sp³-hybridized carbons (Fsp3) is 0.455. The third-order valence-corrected chi connectivity index (χ3v) is 5.73. The third kappa shape index (κ3) is 4.06. The van der Waals surface area contributed by atoms with Gasteiger partial charge in [0.05, 0.1) is 12.8 Å². The Kier molecular flexibility index (Phi) is 5.65. The molecular formula is C22H28N4O2. The number of anilines is 2. The maximum Gasteiger partial charge on any atom is 0.251 e. The molecule has 0 atom stereocenters. The zero-order valence-corrected chi connectivity index (χ0v) is 16.4. The molecular weight excluding hydrogens is 352 g/mol. The number of ether oxygens (including phenoxy) is 1. The molecule has 148 valence electrons. The SMILES string of the molecule is COc1ccccc1N1CCN(c2cc(C(=O)NC3CCCC3)ccn2)CC1. The van der Waals surface area contributed by atoms with E-state index >= 15 is 0 Å². The van der Waals surface area contributed by atoms with Crippen molar-refractivity contribution in [2.45, 2.75) is 31.7 Å². The lowest BCUT2D eigenvalue weighted by molar-refractivity contribution is 0.0938. The van der Waals surface area contributed by atoms with E-state index in [0.29, 0.717) is 11.6 Å². The standard InChI is InChI=1S/C22H28N4O2/c1-28-20-9-5-4-8-19(20)25-12-14-26(15-13-25)21-16-17(10-11-23-21)22(27)24-18-6-2-3-7-18/h4-5,8-11,16,18H,2-3,6-7,12-15H2,1H3,(H,24,27). The van der Waals surface area contributed by atoms with Crippen molar-refractivity contribution in [3.05, 3.63) is 48.2 Å². The normalized spacial score (nSPS) is 17.6. The van der Waals surface area contributed by atoms with Crippen LogP contribution in [0.15, 0.2) is 42.6 Å². The molecule has 2 fully saturated rings. The van der Waals surface area contributed by atoms with Crippen molar-refractivity contribution in [3.8, 4) is 5.75 Å². The van der Waals surface area contributed by atoms with Crippen molar-refractivity contribution >= 4 is 17.4 Å². The number of rotatable bonds is 5. The van der Waals surface area contributed by atoms with Gasteiger partial charge in [0.25, 0.3) is 5.91 Å². The highest BCUT2D eigenvalue weighted by Gasteiger charge is 2.22. The smallest absolute Gasteiger partial charge is 0.251 e. The van der Waals surface area contributed by atoms with Gasteiger partial charge in [-0.2, -0.15) is 0 Å². The number of amides is 1. The highest BCUT2D eigenvalue weighted by atomic mass is 16.5. The van der Waals surface area contributed by atoms with Gasteiger partial charge in [0, 0.05) is 44.0 Å². The maximum atomic E-state index is 12.6. The minimum Gasteiger partial charge on any atom is -0.495 e. The Balaban J connectivity index is 1.40. The van der Waals surface area contributed by atoms with Gasteiger partial charge < -0.3 is 19.9 Å². The molecule has 1 N–H and O–H groups in total. The summed E-state index contributed by atoms with van der Waals surface area (Å²) in [7, 11) is 1.71. The summed E-state index contributed by atoms with van der Waals surface area (Å²) in [6.07, 6.45) is 6.35. The van der Waals surface area contributed by atoms with Gasteiger partial charge in [0.15, 0.2) is 0 Å². The number of nitrogens with one attached hydrogen (secondary N) is 1. The summed E-state index contributed by atoms with van der Waals surface area (Å²) in [6, 6.07) is 12.2. The predicted molar refractivity (Wildman–Crippen MR) is 111 cm³/mol. The molecule has 6 heteroatoms. The number of aromatic nitrogens is 1. The van der Waals surface area contributed by atoms with Gasteiger partial charge in [-0.15, -0.1) is 0 Å². The molecule has 0 bridgehead atoms. The fourth-order valence-corrected chi connectivity index (χ4v) is 4.14. The number of piperazine rings is 1. The third-order valence-electron chi connectivity index (χ3n) is 5.73. The van der Waals surface area contributed by atoms with Crippen molar-refractivity contribution in [2.75, 3.05) is 43.1 Å². The van der Waals surface area contributed by atoms with Gasteiger partial charge in [0.2, 0.25) is 0 Å². The Morgan fingerprint density at radius 3 is 2.54 bits per heavy atom. The molecule has 1 aliphatic carbocycles. The van der Waals surface area contributed by atoms with Crippen molar-refractivity contribution in [3.63, 3.8) is 0 Å². The lowest BCUT2D eigenvalue weighted by atomic mass is 10.2. The summed E-state index contributed by atoms with van der Waals surface area (Å²) in [5.74, 6) is 1.79. The first-order valence-corrected chi connectivity index (χ1v) is 10.1. The average molecular weight is 380 g/mol. The summed E-state index contributed by atoms with van der Waals surface area (Å²) in [5.41, 5.74) is 1.83. The molecule has 1 aliphatic heterocycles. The first kappa shape index (κ1) is 18.6. The molecule has 1 saturated heterocycles. The summed E-state index contributed by atoms with van der Waals surface area (Å²) >= 11 is 0. The van der Waals surface area contributed by atoms with Crippen LogP contribution in [0.2, 0.25) is 0 Å². The number of carbonyl (C=O) groups excluding carboxylic acids is 1. The highest BCUT2D eigenvalue weighted by Crippen LogP contribution is 2.29. The maximum absolute atomic E-state index is 12.6. The number of nitrogens with zero attached hydrogens (tertiary/aromatic N) is 3. The molecule has 28 heavy (non-hydrogen) atoms. The van der Waals surface area contributed by atoms with Crippen LogP contribution in [0.5, 0.6) is 5.75 Å². The Bertz CT molecular complexity index is 812. The molecule has 2 heterocycles. The number of carbonyl (C=O) groups is 1. The number of pyridine rings is 1. The van der Waals surface area contributed by atoms with E-state index in [0.717, 1.165) is 56.3 Å². The van der Waals surface area contributed by atoms with E-state index in [1.54, 1.807) is 19.4 Å².